The molecule has 2 aliphatic heterocycles. The number of hydrogen-bond donors (Lipinski definition) is 0. The minimum absolute atomic E-state index is 0. The number of carbonyl (C=O) groups is 1. The summed E-state index contributed by atoms with van der Waals surface area (Å²) in [6, 6.07) is 7.20. The predicted octanol–water partition coefficient (Wildman–Crippen LogP) is 5.92. The molecule has 0 bridgehead atoms. The van der Waals surface area contributed by atoms with Crippen LogP contribution < -0.4 is 4.90 Å². The van der Waals surface area contributed by atoms with Gasteiger partial charge in [0.2, 0.25) is 0 Å². The van der Waals surface area contributed by atoms with Gasteiger partial charge in [0.25, 0.3) is 0 Å². The summed E-state index contributed by atoms with van der Waals surface area (Å²) < 4.78 is 6.20. The van der Waals surface area contributed by atoms with E-state index in [2.05, 4.69) is 60.6 Å². The number of nitrogens with zero attached hydrogens (tertiary/aromatic N) is 3. The molecular weight excluding hydrogens is 470 g/mol. The molecule has 3 aliphatic rings. The largest absolute Gasteiger partial charge is 0.371 e. The van der Waals surface area contributed by atoms with Crippen LogP contribution in [0.5, 0.6) is 0 Å². The monoisotopic (exact) mass is 519 g/mol. The number of carbonyl (C=O) groups excluding carboxylic acids is 1. The van der Waals surface area contributed by atoms with E-state index in [1.165, 1.54) is 56.3 Å². The number of ether oxygens (including phenoxy) is 1. The lowest BCUT2D eigenvalue weighted by molar-refractivity contribution is -0.111. The van der Waals surface area contributed by atoms with Crippen molar-refractivity contribution in [3.05, 3.63) is 29.3 Å². The third-order valence-corrected chi connectivity index (χ3v) is 8.84. The number of hydrogen-bond acceptors (Lipinski definition) is 5. The van der Waals surface area contributed by atoms with E-state index in [9.17, 15) is 4.79 Å². The van der Waals surface area contributed by atoms with Crippen molar-refractivity contribution in [3.63, 3.8) is 0 Å². The second-order valence-electron chi connectivity index (χ2n) is 12.2. The van der Waals surface area contributed by atoms with E-state index >= 15 is 0 Å². The van der Waals surface area contributed by atoms with Gasteiger partial charge in [-0.3, -0.25) is 9.80 Å². The van der Waals surface area contributed by atoms with Gasteiger partial charge in [-0.1, -0.05) is 46.2 Å². The van der Waals surface area contributed by atoms with Crippen molar-refractivity contribution in [1.29, 1.82) is 0 Å². The third kappa shape index (κ3) is 7.46. The average Bonchev–Trinajstić information content (AvgIpc) is 2.87. The predicted molar refractivity (Wildman–Crippen MR) is 153 cm³/mol. The van der Waals surface area contributed by atoms with Crippen LogP contribution in [0.1, 0.15) is 89.4 Å². The Bertz CT molecular complexity index is 811. The highest BCUT2D eigenvalue weighted by Crippen LogP contribution is 2.45. The van der Waals surface area contributed by atoms with E-state index < -0.39 is 0 Å². The summed E-state index contributed by atoms with van der Waals surface area (Å²) in [7, 11) is 0. The van der Waals surface area contributed by atoms with Gasteiger partial charge in [0, 0.05) is 45.0 Å². The summed E-state index contributed by atoms with van der Waals surface area (Å²) in [6.45, 7) is 18.1. The smallest absolute Gasteiger partial charge is 0.133 e. The zero-order chi connectivity index (χ0) is 24.8. The molecule has 1 saturated carbocycles. The maximum Gasteiger partial charge on any atom is 0.133 e. The quantitative estimate of drug-likeness (QED) is 0.398. The van der Waals surface area contributed by atoms with Crippen molar-refractivity contribution in [1.82, 2.24) is 9.80 Å². The van der Waals surface area contributed by atoms with Gasteiger partial charge in [0.05, 0.1) is 19.3 Å². The molecule has 1 aliphatic carbocycles. The van der Waals surface area contributed by atoms with Crippen molar-refractivity contribution >= 4 is 24.4 Å². The Labute approximate surface area is 226 Å². The summed E-state index contributed by atoms with van der Waals surface area (Å²) in [5, 5.41) is 0. The minimum atomic E-state index is 0. The van der Waals surface area contributed by atoms with Crippen LogP contribution in [0.15, 0.2) is 18.2 Å². The number of benzene rings is 1. The number of aldehydes is 1. The standard InChI is InChI=1S/C30H49N3O2.ClH/c1-5-6-13-31-14-16-33(17-15-31)28-22-25(29-23-32(18-20-34)19-21-35-29)9-12-27(28)24-7-10-26(11-8-24)30(2,3)4;/h9,12,20,22,24,26,29H,5-8,10-11,13-19,21,23H2,1-4H3;1H. The number of unbranched alkanes of at least 4 members (excludes halogenated alkanes) is 1. The highest BCUT2D eigenvalue weighted by Gasteiger charge is 2.32. The van der Waals surface area contributed by atoms with E-state index in [1.807, 2.05) is 0 Å². The Kier molecular flexibility index (Phi) is 11.1. The fourth-order valence-electron chi connectivity index (χ4n) is 6.42. The van der Waals surface area contributed by atoms with Crippen molar-refractivity contribution in [2.45, 2.75) is 78.2 Å². The highest BCUT2D eigenvalue weighted by molar-refractivity contribution is 5.85. The summed E-state index contributed by atoms with van der Waals surface area (Å²) in [4.78, 5) is 18.6. The summed E-state index contributed by atoms with van der Waals surface area (Å²) in [6.07, 6.45) is 8.93. The maximum atomic E-state index is 11.1. The number of rotatable bonds is 8. The number of anilines is 1. The molecule has 0 radical (unpaired) electrons. The Hall–Kier alpha value is -1.14. The van der Waals surface area contributed by atoms with Gasteiger partial charge < -0.3 is 14.4 Å². The SMILES string of the molecule is CCCCN1CCN(c2cc(C3CN(CC=O)CCO3)ccc2C2CCC(C(C)(C)C)CC2)CC1.Cl. The zero-order valence-electron chi connectivity index (χ0n) is 23.2. The molecular formula is C30H50ClN3O2. The molecule has 1 aromatic rings. The molecule has 36 heavy (non-hydrogen) atoms. The lowest BCUT2D eigenvalue weighted by Gasteiger charge is -2.41. The van der Waals surface area contributed by atoms with Crippen LogP contribution >= 0.6 is 12.4 Å². The van der Waals surface area contributed by atoms with E-state index in [4.69, 9.17) is 4.74 Å². The van der Waals surface area contributed by atoms with Gasteiger partial charge in [0.1, 0.15) is 6.29 Å². The Morgan fingerprint density at radius 2 is 1.72 bits per heavy atom. The van der Waals surface area contributed by atoms with Crippen LogP contribution in [0.2, 0.25) is 0 Å². The van der Waals surface area contributed by atoms with Gasteiger partial charge in [-0.2, -0.15) is 0 Å². The Morgan fingerprint density at radius 1 is 1.00 bits per heavy atom. The van der Waals surface area contributed by atoms with Crippen molar-refractivity contribution < 1.29 is 9.53 Å². The molecule has 4 rings (SSSR count). The van der Waals surface area contributed by atoms with Gasteiger partial charge in [-0.25, -0.2) is 0 Å². The van der Waals surface area contributed by atoms with E-state index in [1.54, 1.807) is 5.56 Å². The fourth-order valence-corrected chi connectivity index (χ4v) is 6.42. The Morgan fingerprint density at radius 3 is 2.36 bits per heavy atom. The van der Waals surface area contributed by atoms with Crippen LogP contribution in [0, 0.1) is 11.3 Å². The van der Waals surface area contributed by atoms with E-state index in [0.29, 0.717) is 24.5 Å². The van der Waals surface area contributed by atoms with Crippen molar-refractivity contribution in [2.75, 3.05) is 63.9 Å². The van der Waals surface area contributed by atoms with Crippen LogP contribution in [-0.2, 0) is 9.53 Å². The molecule has 2 heterocycles. The molecule has 1 aromatic carbocycles. The first-order valence-corrected chi connectivity index (χ1v) is 14.3. The van der Waals surface area contributed by atoms with Crippen LogP contribution in [0.3, 0.4) is 0 Å². The van der Waals surface area contributed by atoms with Crippen molar-refractivity contribution in [2.24, 2.45) is 11.3 Å². The summed E-state index contributed by atoms with van der Waals surface area (Å²) in [5.74, 6) is 1.50. The summed E-state index contributed by atoms with van der Waals surface area (Å²) >= 11 is 0. The molecule has 6 heteroatoms. The zero-order valence-corrected chi connectivity index (χ0v) is 24.0. The molecule has 5 nitrogen and oxygen atoms in total. The summed E-state index contributed by atoms with van der Waals surface area (Å²) in [5.41, 5.74) is 4.70. The number of halogens is 1. The first-order valence-electron chi connectivity index (χ1n) is 14.3. The molecule has 0 N–H and O–H groups in total. The molecule has 0 spiro atoms. The highest BCUT2D eigenvalue weighted by atomic mass is 35.5. The van der Waals surface area contributed by atoms with Gasteiger partial charge >= 0.3 is 0 Å². The molecule has 1 atom stereocenters. The second kappa shape index (κ2) is 13.6. The van der Waals surface area contributed by atoms with Crippen LogP contribution in [-0.4, -0.2) is 75.1 Å². The van der Waals surface area contributed by atoms with E-state index in [-0.39, 0.29) is 18.5 Å². The molecule has 0 aromatic heterocycles. The maximum absolute atomic E-state index is 11.1. The minimum Gasteiger partial charge on any atom is -0.371 e. The lowest BCUT2D eigenvalue weighted by atomic mass is 9.68. The number of morpholine rings is 1. The van der Waals surface area contributed by atoms with Crippen molar-refractivity contribution in [3.8, 4) is 0 Å². The normalized spacial score (nSPS) is 26.4. The van der Waals surface area contributed by atoms with Gasteiger partial charge in [-0.05, 0) is 73.1 Å². The first kappa shape index (κ1) is 29.4. The average molecular weight is 520 g/mol. The molecule has 3 fully saturated rings. The molecule has 204 valence electrons. The third-order valence-electron chi connectivity index (χ3n) is 8.84. The van der Waals surface area contributed by atoms with Crippen LogP contribution in [0.25, 0.3) is 0 Å². The second-order valence-corrected chi connectivity index (χ2v) is 12.2. The molecule has 1 unspecified atom stereocenters. The fraction of sp³-hybridized carbons (Fsp3) is 0.767. The van der Waals surface area contributed by atoms with Crippen LogP contribution in [0.4, 0.5) is 5.69 Å². The van der Waals surface area contributed by atoms with Gasteiger partial charge in [-0.15, -0.1) is 12.4 Å². The Balaban J connectivity index is 0.00000361. The van der Waals surface area contributed by atoms with E-state index in [0.717, 1.165) is 51.5 Å². The number of piperazine rings is 1. The molecule has 0 amide bonds. The van der Waals surface area contributed by atoms with Gasteiger partial charge in [0.15, 0.2) is 0 Å². The first-order chi connectivity index (χ1) is 16.9. The lowest BCUT2D eigenvalue weighted by Crippen LogP contribution is -2.47. The molecule has 2 saturated heterocycles. The topological polar surface area (TPSA) is 36.0 Å².